The summed E-state index contributed by atoms with van der Waals surface area (Å²) < 4.78 is 0. The lowest BCUT2D eigenvalue weighted by Gasteiger charge is -2.06. The normalized spacial score (nSPS) is 9.14. The van der Waals surface area contributed by atoms with E-state index in [4.69, 9.17) is 22.1 Å². The Balaban J connectivity index is 3.13. The zero-order chi connectivity index (χ0) is 10.6. The number of hydrogen-bond acceptors (Lipinski definition) is 2. The molecule has 0 radical (unpaired) electrons. The van der Waals surface area contributed by atoms with Crippen LogP contribution in [0.4, 0.5) is 0 Å². The number of benzene rings is 1. The Morgan fingerprint density at radius 3 is 2.29 bits per heavy atom. The first-order valence-corrected chi connectivity index (χ1v) is 4.58. The lowest BCUT2D eigenvalue weighted by molar-refractivity contribution is 1.17. The summed E-state index contributed by atoms with van der Waals surface area (Å²) in [6.07, 6.45) is 0.672. The third kappa shape index (κ3) is 2.25. The molecule has 0 aromatic heterocycles. The fourth-order valence-corrected chi connectivity index (χ4v) is 1.53. The van der Waals surface area contributed by atoms with Gasteiger partial charge in [-0.1, -0.05) is 17.7 Å². The molecule has 14 heavy (non-hydrogen) atoms. The Morgan fingerprint density at radius 2 is 1.71 bits per heavy atom. The van der Waals surface area contributed by atoms with Crippen molar-refractivity contribution in [3.05, 3.63) is 33.8 Å². The maximum atomic E-state index is 8.56. The molecule has 0 aliphatic carbocycles. The Labute approximate surface area is 88.3 Å². The third-order valence-corrected chi connectivity index (χ3v) is 2.40. The first kappa shape index (κ1) is 10.6. The topological polar surface area (TPSA) is 47.6 Å². The van der Waals surface area contributed by atoms with Gasteiger partial charge in [0.05, 0.1) is 25.0 Å². The highest BCUT2D eigenvalue weighted by atomic mass is 35.5. The number of nitrogens with zero attached hydrogens (tertiary/aromatic N) is 2. The zero-order valence-corrected chi connectivity index (χ0v) is 8.60. The molecule has 2 nitrogen and oxygen atoms in total. The maximum absolute atomic E-state index is 8.56. The smallest absolute Gasteiger partial charge is 0.0670 e. The summed E-state index contributed by atoms with van der Waals surface area (Å²) in [7, 11) is 0. The van der Waals surface area contributed by atoms with Crippen molar-refractivity contribution < 1.29 is 0 Å². The van der Waals surface area contributed by atoms with E-state index in [0.717, 1.165) is 16.7 Å². The first-order valence-electron chi connectivity index (χ1n) is 4.21. The van der Waals surface area contributed by atoms with E-state index in [1.807, 2.05) is 13.0 Å². The van der Waals surface area contributed by atoms with E-state index in [2.05, 4.69) is 12.1 Å². The number of aryl methyl sites for hydroxylation is 1. The molecular formula is C11H9ClN2. The molecular weight excluding hydrogens is 196 g/mol. The summed E-state index contributed by atoms with van der Waals surface area (Å²) in [6, 6.07) is 7.78. The molecule has 0 amide bonds. The van der Waals surface area contributed by atoms with E-state index in [0.29, 0.717) is 17.9 Å². The van der Waals surface area contributed by atoms with E-state index in [-0.39, 0.29) is 0 Å². The molecule has 0 unspecified atom stereocenters. The van der Waals surface area contributed by atoms with Gasteiger partial charge in [0.25, 0.3) is 0 Å². The van der Waals surface area contributed by atoms with Crippen molar-refractivity contribution in [3.63, 3.8) is 0 Å². The van der Waals surface area contributed by atoms with Crippen molar-refractivity contribution in [2.75, 3.05) is 0 Å². The molecule has 0 fully saturated rings. The van der Waals surface area contributed by atoms with E-state index < -0.39 is 0 Å². The van der Waals surface area contributed by atoms with Gasteiger partial charge >= 0.3 is 0 Å². The van der Waals surface area contributed by atoms with Crippen molar-refractivity contribution in [1.82, 2.24) is 0 Å². The molecule has 0 atom stereocenters. The molecule has 1 aromatic carbocycles. The SMILES string of the molecule is Cc1cc(CC#N)c(Cl)cc1CC#N. The van der Waals surface area contributed by atoms with Gasteiger partial charge in [-0.05, 0) is 29.7 Å². The van der Waals surface area contributed by atoms with Gasteiger partial charge in [0.15, 0.2) is 0 Å². The van der Waals surface area contributed by atoms with E-state index in [9.17, 15) is 0 Å². The number of halogens is 1. The molecule has 0 aliphatic rings. The lowest BCUT2D eigenvalue weighted by Crippen LogP contribution is -1.92. The number of rotatable bonds is 2. The van der Waals surface area contributed by atoms with Gasteiger partial charge in [0, 0.05) is 5.02 Å². The molecule has 1 aromatic rings. The minimum atomic E-state index is 0.312. The van der Waals surface area contributed by atoms with E-state index >= 15 is 0 Å². The van der Waals surface area contributed by atoms with Crippen LogP contribution in [0.2, 0.25) is 5.02 Å². The molecule has 0 saturated carbocycles. The Kier molecular flexibility index (Phi) is 3.51. The van der Waals surface area contributed by atoms with E-state index in [1.54, 1.807) is 6.07 Å². The second kappa shape index (κ2) is 4.65. The van der Waals surface area contributed by atoms with Crippen LogP contribution in [0.3, 0.4) is 0 Å². The fraction of sp³-hybridized carbons (Fsp3) is 0.273. The lowest BCUT2D eigenvalue weighted by atomic mass is 10.0. The van der Waals surface area contributed by atoms with Crippen LogP contribution >= 0.6 is 11.6 Å². The van der Waals surface area contributed by atoms with Gasteiger partial charge in [-0.15, -0.1) is 0 Å². The summed E-state index contributed by atoms with van der Waals surface area (Å²) in [4.78, 5) is 0. The second-order valence-corrected chi connectivity index (χ2v) is 3.45. The van der Waals surface area contributed by atoms with Crippen LogP contribution in [0.1, 0.15) is 16.7 Å². The van der Waals surface area contributed by atoms with Gasteiger partial charge in [-0.25, -0.2) is 0 Å². The minimum Gasteiger partial charge on any atom is -0.198 e. The van der Waals surface area contributed by atoms with Gasteiger partial charge in [-0.2, -0.15) is 10.5 Å². The third-order valence-electron chi connectivity index (χ3n) is 2.04. The van der Waals surface area contributed by atoms with E-state index in [1.165, 1.54) is 0 Å². The molecule has 0 heterocycles. The second-order valence-electron chi connectivity index (χ2n) is 3.04. The van der Waals surface area contributed by atoms with Crippen LogP contribution < -0.4 is 0 Å². The summed E-state index contributed by atoms with van der Waals surface area (Å²) in [5.41, 5.74) is 2.77. The van der Waals surface area contributed by atoms with Crippen LogP contribution in [0, 0.1) is 29.6 Å². The van der Waals surface area contributed by atoms with Gasteiger partial charge < -0.3 is 0 Å². The highest BCUT2D eigenvalue weighted by Gasteiger charge is 2.05. The monoisotopic (exact) mass is 204 g/mol. The van der Waals surface area contributed by atoms with Crippen LogP contribution in [0.5, 0.6) is 0 Å². The molecule has 3 heteroatoms. The minimum absolute atomic E-state index is 0.312. The molecule has 0 saturated heterocycles. The van der Waals surface area contributed by atoms with Crippen LogP contribution in [-0.2, 0) is 12.8 Å². The Hall–Kier alpha value is -1.51. The molecule has 0 spiro atoms. The average Bonchev–Trinajstić information content (AvgIpc) is 2.14. The maximum Gasteiger partial charge on any atom is 0.0670 e. The fourth-order valence-electron chi connectivity index (χ4n) is 1.28. The van der Waals surface area contributed by atoms with Gasteiger partial charge in [0.1, 0.15) is 0 Å². The van der Waals surface area contributed by atoms with Crippen molar-refractivity contribution in [1.29, 1.82) is 10.5 Å². The summed E-state index contributed by atoms with van der Waals surface area (Å²) in [6.45, 7) is 1.92. The molecule has 1 rings (SSSR count). The molecule has 70 valence electrons. The standard InChI is InChI=1S/C11H9ClN2/c1-8-6-10(3-5-14)11(12)7-9(8)2-4-13/h6-7H,2-3H2,1H3. The summed E-state index contributed by atoms with van der Waals surface area (Å²) in [5, 5.41) is 17.7. The number of hydrogen-bond donors (Lipinski definition) is 0. The van der Waals surface area contributed by atoms with Crippen LogP contribution in [0.15, 0.2) is 12.1 Å². The average molecular weight is 205 g/mol. The van der Waals surface area contributed by atoms with Crippen molar-refractivity contribution >= 4 is 11.6 Å². The van der Waals surface area contributed by atoms with Crippen molar-refractivity contribution in [3.8, 4) is 12.1 Å². The Morgan fingerprint density at radius 1 is 1.14 bits per heavy atom. The predicted molar refractivity (Wildman–Crippen MR) is 54.8 cm³/mol. The summed E-state index contributed by atoms with van der Waals surface area (Å²) >= 11 is 5.96. The highest BCUT2D eigenvalue weighted by Crippen LogP contribution is 2.21. The first-order chi connectivity index (χ1) is 6.69. The summed E-state index contributed by atoms with van der Waals surface area (Å²) in [5.74, 6) is 0. The molecule has 0 bridgehead atoms. The largest absolute Gasteiger partial charge is 0.198 e. The highest BCUT2D eigenvalue weighted by molar-refractivity contribution is 6.31. The van der Waals surface area contributed by atoms with Crippen molar-refractivity contribution in [2.45, 2.75) is 19.8 Å². The number of nitriles is 2. The van der Waals surface area contributed by atoms with Crippen LogP contribution in [-0.4, -0.2) is 0 Å². The quantitative estimate of drug-likeness (QED) is 0.744. The molecule has 0 N–H and O–H groups in total. The molecule has 0 aliphatic heterocycles. The van der Waals surface area contributed by atoms with Gasteiger partial charge in [-0.3, -0.25) is 0 Å². The van der Waals surface area contributed by atoms with Crippen LogP contribution in [0.25, 0.3) is 0 Å². The predicted octanol–water partition coefficient (Wildman–Crippen LogP) is 2.78. The van der Waals surface area contributed by atoms with Crippen molar-refractivity contribution in [2.24, 2.45) is 0 Å². The Bertz CT molecular complexity index is 382. The van der Waals surface area contributed by atoms with Gasteiger partial charge in [0.2, 0.25) is 0 Å². The zero-order valence-electron chi connectivity index (χ0n) is 7.84.